The average molecular weight is 439 g/mol. The molecule has 1 aliphatic heterocycles. The standard InChI is InChI=1S/C23H18FNO5S/c1-30-16-4-2-3-13(9-16)5-6-14-7-8-17(24)18(10-14)25-19(26)11-15-12-31-21(23(28)29)20(15)22(25)27/h2-4,7-10,12H,5-6,11H2,1H3,(H,28,29). The summed E-state index contributed by atoms with van der Waals surface area (Å²) in [5.41, 5.74) is 1.94. The number of rotatable bonds is 6. The molecule has 31 heavy (non-hydrogen) atoms. The van der Waals surface area contributed by atoms with Crippen LogP contribution in [0.15, 0.2) is 47.8 Å². The van der Waals surface area contributed by atoms with Crippen molar-refractivity contribution in [3.8, 4) is 5.75 Å². The second kappa shape index (κ2) is 8.31. The van der Waals surface area contributed by atoms with Gasteiger partial charge in [-0.25, -0.2) is 14.1 Å². The van der Waals surface area contributed by atoms with Crippen LogP contribution in [0.1, 0.15) is 36.7 Å². The fraction of sp³-hybridized carbons (Fsp3) is 0.174. The van der Waals surface area contributed by atoms with Crippen molar-refractivity contribution in [2.75, 3.05) is 12.0 Å². The SMILES string of the molecule is COc1cccc(CCc2ccc(F)c(N3C(=O)Cc4csc(C(=O)O)c4C3=O)c2)c1. The first-order valence-electron chi connectivity index (χ1n) is 9.51. The molecule has 1 aliphatic rings. The molecule has 0 spiro atoms. The van der Waals surface area contributed by atoms with E-state index >= 15 is 0 Å². The average Bonchev–Trinajstić information content (AvgIpc) is 3.18. The molecule has 1 N–H and O–H groups in total. The summed E-state index contributed by atoms with van der Waals surface area (Å²) >= 11 is 0.889. The van der Waals surface area contributed by atoms with Crippen LogP contribution >= 0.6 is 11.3 Å². The number of hydrogen-bond donors (Lipinski definition) is 1. The van der Waals surface area contributed by atoms with Gasteiger partial charge in [-0.3, -0.25) is 9.59 Å². The molecule has 2 amide bonds. The number of methoxy groups -OCH3 is 1. The van der Waals surface area contributed by atoms with E-state index in [1.54, 1.807) is 13.2 Å². The number of aryl methyl sites for hydroxylation is 2. The Balaban J connectivity index is 1.63. The van der Waals surface area contributed by atoms with Gasteiger partial charge in [0.05, 0.1) is 24.8 Å². The van der Waals surface area contributed by atoms with Gasteiger partial charge in [-0.2, -0.15) is 0 Å². The maximum atomic E-state index is 14.6. The van der Waals surface area contributed by atoms with Gasteiger partial charge in [0.15, 0.2) is 0 Å². The first kappa shape index (κ1) is 20.7. The van der Waals surface area contributed by atoms with E-state index < -0.39 is 23.6 Å². The zero-order valence-corrected chi connectivity index (χ0v) is 17.4. The smallest absolute Gasteiger partial charge is 0.346 e. The van der Waals surface area contributed by atoms with Crippen molar-refractivity contribution >= 4 is 34.8 Å². The molecule has 0 unspecified atom stereocenters. The summed E-state index contributed by atoms with van der Waals surface area (Å²) in [5.74, 6) is -2.63. The van der Waals surface area contributed by atoms with Crippen LogP contribution in [0, 0.1) is 5.82 Å². The van der Waals surface area contributed by atoms with Gasteiger partial charge in [0.1, 0.15) is 16.4 Å². The fourth-order valence-electron chi connectivity index (χ4n) is 3.63. The summed E-state index contributed by atoms with van der Waals surface area (Å²) in [6.07, 6.45) is 1.06. The highest BCUT2D eigenvalue weighted by atomic mass is 32.1. The molecule has 2 aromatic carbocycles. The minimum Gasteiger partial charge on any atom is -0.497 e. The number of fused-ring (bicyclic) bond motifs is 1. The van der Waals surface area contributed by atoms with E-state index in [4.69, 9.17) is 4.74 Å². The van der Waals surface area contributed by atoms with E-state index in [0.29, 0.717) is 18.4 Å². The highest BCUT2D eigenvalue weighted by molar-refractivity contribution is 7.12. The molecule has 6 nitrogen and oxygen atoms in total. The Morgan fingerprint density at radius 1 is 1.16 bits per heavy atom. The zero-order valence-electron chi connectivity index (χ0n) is 16.6. The minimum atomic E-state index is -1.25. The summed E-state index contributed by atoms with van der Waals surface area (Å²) in [5, 5.41) is 10.8. The Kier molecular flexibility index (Phi) is 5.56. The number of ether oxygens (including phenoxy) is 1. The number of carboxylic acids is 1. The van der Waals surface area contributed by atoms with E-state index in [-0.39, 0.29) is 22.5 Å². The van der Waals surface area contributed by atoms with Crippen molar-refractivity contribution < 1.29 is 28.6 Å². The number of thiophene rings is 1. The largest absolute Gasteiger partial charge is 0.497 e. The van der Waals surface area contributed by atoms with Crippen LogP contribution in [0.2, 0.25) is 0 Å². The Morgan fingerprint density at radius 2 is 1.90 bits per heavy atom. The Hall–Kier alpha value is -3.52. The van der Waals surface area contributed by atoms with Gasteiger partial charge in [0, 0.05) is 0 Å². The van der Waals surface area contributed by atoms with Crippen LogP contribution in [0.5, 0.6) is 5.75 Å². The highest BCUT2D eigenvalue weighted by Gasteiger charge is 2.37. The number of carboxylic acid groups (broad SMARTS) is 1. The third kappa shape index (κ3) is 3.94. The molecule has 8 heteroatoms. The minimum absolute atomic E-state index is 0.0433. The van der Waals surface area contributed by atoms with Crippen LogP contribution in [0.4, 0.5) is 10.1 Å². The quantitative estimate of drug-likeness (QED) is 0.585. The lowest BCUT2D eigenvalue weighted by Crippen LogP contribution is -2.43. The van der Waals surface area contributed by atoms with Gasteiger partial charge in [0.2, 0.25) is 5.91 Å². The van der Waals surface area contributed by atoms with E-state index in [0.717, 1.165) is 33.1 Å². The van der Waals surface area contributed by atoms with Gasteiger partial charge in [-0.1, -0.05) is 18.2 Å². The third-order valence-corrected chi connectivity index (χ3v) is 6.17. The Bertz CT molecular complexity index is 1200. The summed E-state index contributed by atoms with van der Waals surface area (Å²) < 4.78 is 19.9. The molecule has 0 saturated heterocycles. The van der Waals surface area contributed by atoms with Crippen molar-refractivity contribution in [3.05, 3.63) is 80.8 Å². The third-order valence-electron chi connectivity index (χ3n) is 5.16. The lowest BCUT2D eigenvalue weighted by atomic mass is 9.99. The van der Waals surface area contributed by atoms with Crippen molar-refractivity contribution in [2.24, 2.45) is 0 Å². The van der Waals surface area contributed by atoms with Crippen LogP contribution in [-0.4, -0.2) is 30.0 Å². The Morgan fingerprint density at radius 3 is 2.61 bits per heavy atom. The van der Waals surface area contributed by atoms with Gasteiger partial charge < -0.3 is 9.84 Å². The monoisotopic (exact) mass is 439 g/mol. The van der Waals surface area contributed by atoms with Crippen LogP contribution in [0.25, 0.3) is 0 Å². The number of amides is 2. The normalized spacial score (nSPS) is 13.3. The number of imide groups is 1. The summed E-state index contributed by atoms with van der Waals surface area (Å²) in [7, 11) is 1.59. The van der Waals surface area contributed by atoms with Gasteiger partial charge >= 0.3 is 5.97 Å². The van der Waals surface area contributed by atoms with Crippen molar-refractivity contribution in [3.63, 3.8) is 0 Å². The lowest BCUT2D eigenvalue weighted by molar-refractivity contribution is -0.117. The van der Waals surface area contributed by atoms with Crippen molar-refractivity contribution in [2.45, 2.75) is 19.3 Å². The molecule has 158 valence electrons. The number of nitrogens with zero attached hydrogens (tertiary/aromatic N) is 1. The van der Waals surface area contributed by atoms with Crippen LogP contribution < -0.4 is 9.64 Å². The maximum Gasteiger partial charge on any atom is 0.346 e. The van der Waals surface area contributed by atoms with Crippen molar-refractivity contribution in [1.29, 1.82) is 0 Å². The molecule has 4 rings (SSSR count). The predicted molar refractivity (Wildman–Crippen MR) is 114 cm³/mol. The summed E-state index contributed by atoms with van der Waals surface area (Å²) in [4.78, 5) is 37.7. The molecule has 0 fully saturated rings. The second-order valence-corrected chi connectivity index (χ2v) is 8.00. The first-order valence-corrected chi connectivity index (χ1v) is 10.4. The molecule has 0 aliphatic carbocycles. The number of anilines is 1. The first-order chi connectivity index (χ1) is 14.9. The van der Waals surface area contributed by atoms with E-state index in [1.807, 2.05) is 24.3 Å². The number of halogens is 1. The molecule has 1 aromatic heterocycles. The summed E-state index contributed by atoms with van der Waals surface area (Å²) in [6.45, 7) is 0. The Labute approximate surface area is 181 Å². The topological polar surface area (TPSA) is 83.9 Å². The molecule has 0 atom stereocenters. The highest BCUT2D eigenvalue weighted by Crippen LogP contribution is 2.33. The predicted octanol–water partition coefficient (Wildman–Crippen LogP) is 4.11. The molecule has 0 bridgehead atoms. The molecule has 0 radical (unpaired) electrons. The van der Waals surface area contributed by atoms with E-state index in [9.17, 15) is 23.9 Å². The maximum absolute atomic E-state index is 14.6. The van der Waals surface area contributed by atoms with Gasteiger partial charge in [-0.15, -0.1) is 11.3 Å². The van der Waals surface area contributed by atoms with Crippen LogP contribution in [0.3, 0.4) is 0 Å². The number of carbonyl (C=O) groups excluding carboxylic acids is 2. The molecule has 3 aromatic rings. The molecule has 0 saturated carbocycles. The summed E-state index contributed by atoms with van der Waals surface area (Å²) in [6, 6.07) is 11.9. The lowest BCUT2D eigenvalue weighted by Gasteiger charge is -2.26. The van der Waals surface area contributed by atoms with Crippen molar-refractivity contribution in [1.82, 2.24) is 0 Å². The van der Waals surface area contributed by atoms with Crippen LogP contribution in [-0.2, 0) is 24.1 Å². The second-order valence-electron chi connectivity index (χ2n) is 7.12. The molecular weight excluding hydrogens is 421 g/mol. The van der Waals surface area contributed by atoms with Gasteiger partial charge in [-0.05, 0) is 59.2 Å². The molecular formula is C23H18FNO5S. The number of carbonyl (C=O) groups is 3. The van der Waals surface area contributed by atoms with E-state index in [1.165, 1.54) is 17.5 Å². The fourth-order valence-corrected chi connectivity index (χ4v) is 4.53. The molecule has 2 heterocycles. The van der Waals surface area contributed by atoms with E-state index in [2.05, 4.69) is 0 Å². The van der Waals surface area contributed by atoms with Gasteiger partial charge in [0.25, 0.3) is 5.91 Å². The number of benzene rings is 2. The zero-order chi connectivity index (χ0) is 22.1. The number of hydrogen-bond acceptors (Lipinski definition) is 5. The number of aromatic carboxylic acids is 1.